The van der Waals surface area contributed by atoms with Crippen LogP contribution in [0.4, 0.5) is 5.82 Å². The third-order valence-electron chi connectivity index (χ3n) is 3.63. The molecule has 3 heterocycles. The molecule has 6 heteroatoms. The highest BCUT2D eigenvalue weighted by Gasteiger charge is 2.12. The van der Waals surface area contributed by atoms with Crippen LogP contribution in [0.5, 0.6) is 5.75 Å². The van der Waals surface area contributed by atoms with Crippen molar-refractivity contribution < 1.29 is 4.74 Å². The van der Waals surface area contributed by atoms with Crippen LogP contribution in [0.3, 0.4) is 0 Å². The predicted octanol–water partition coefficient (Wildman–Crippen LogP) is 3.48. The molecule has 0 fully saturated rings. The number of nitrogens with zero attached hydrogens (tertiary/aromatic N) is 3. The van der Waals surface area contributed by atoms with Crippen LogP contribution in [-0.4, -0.2) is 22.3 Å². The molecule has 0 spiro atoms. The monoisotopic (exact) mass is 310 g/mol. The molecule has 5 nitrogen and oxygen atoms in total. The minimum atomic E-state index is 0.502. The highest BCUT2D eigenvalue weighted by atomic mass is 32.1. The van der Waals surface area contributed by atoms with Gasteiger partial charge in [0, 0.05) is 0 Å². The molecule has 1 aliphatic heterocycles. The normalized spacial score (nSPS) is 16.1. The fourth-order valence-corrected chi connectivity index (χ4v) is 3.20. The number of thiophene rings is 1. The Morgan fingerprint density at radius 2 is 2.09 bits per heavy atom. The Balaban J connectivity index is 1.53. The maximum atomic E-state index is 5.82. The third-order valence-corrected chi connectivity index (χ3v) is 4.45. The molecule has 3 aromatic rings. The van der Waals surface area contributed by atoms with Crippen molar-refractivity contribution in [1.82, 2.24) is 9.97 Å². The lowest BCUT2D eigenvalue weighted by atomic mass is 10.1. The van der Waals surface area contributed by atoms with Crippen molar-refractivity contribution in [1.29, 1.82) is 0 Å². The second kappa shape index (κ2) is 5.73. The molecule has 22 heavy (non-hydrogen) atoms. The largest absolute Gasteiger partial charge is 0.487 e. The molecule has 1 N–H and O–H groups in total. The number of anilines is 1. The second-order valence-electron chi connectivity index (χ2n) is 5.05. The summed E-state index contributed by atoms with van der Waals surface area (Å²) in [5.41, 5.74) is 5.28. The smallest absolute Gasteiger partial charge is 0.158 e. The van der Waals surface area contributed by atoms with Crippen LogP contribution < -0.4 is 10.2 Å². The molecule has 0 radical (unpaired) electrons. The quantitative estimate of drug-likeness (QED) is 0.736. The minimum Gasteiger partial charge on any atom is -0.487 e. The van der Waals surface area contributed by atoms with Crippen molar-refractivity contribution in [2.24, 2.45) is 5.10 Å². The topological polar surface area (TPSA) is 59.4 Å². The van der Waals surface area contributed by atoms with E-state index in [4.69, 9.17) is 4.74 Å². The number of para-hydroxylation sites is 1. The van der Waals surface area contributed by atoms with Gasteiger partial charge in [0.1, 0.15) is 23.5 Å². The Bertz CT molecular complexity index is 814. The number of hydrogen-bond acceptors (Lipinski definition) is 6. The lowest BCUT2D eigenvalue weighted by Gasteiger charge is -2.06. The van der Waals surface area contributed by atoms with Gasteiger partial charge < -0.3 is 4.74 Å². The Kier molecular flexibility index (Phi) is 3.44. The first-order chi connectivity index (χ1) is 10.9. The van der Waals surface area contributed by atoms with Gasteiger partial charge in [-0.2, -0.15) is 5.10 Å². The zero-order chi connectivity index (χ0) is 14.8. The van der Waals surface area contributed by atoms with E-state index in [2.05, 4.69) is 26.6 Å². The average molecular weight is 310 g/mol. The summed E-state index contributed by atoms with van der Waals surface area (Å²) in [6.07, 6.45) is 3.37. The van der Waals surface area contributed by atoms with Gasteiger partial charge in [0.05, 0.1) is 11.1 Å². The number of fused-ring (bicyclic) bond motifs is 2. The maximum Gasteiger partial charge on any atom is 0.158 e. The van der Waals surface area contributed by atoms with Gasteiger partial charge in [-0.05, 0) is 35.9 Å². The molecular weight excluding hydrogens is 296 g/mol. The zero-order valence-corrected chi connectivity index (χ0v) is 12.6. The van der Waals surface area contributed by atoms with Gasteiger partial charge in [-0.3, -0.25) is 5.43 Å². The van der Waals surface area contributed by atoms with E-state index in [-0.39, 0.29) is 0 Å². The van der Waals surface area contributed by atoms with E-state index < -0.39 is 0 Å². The highest BCUT2D eigenvalue weighted by molar-refractivity contribution is 7.16. The zero-order valence-electron chi connectivity index (χ0n) is 11.8. The van der Waals surface area contributed by atoms with Gasteiger partial charge in [-0.1, -0.05) is 18.2 Å². The van der Waals surface area contributed by atoms with Crippen molar-refractivity contribution in [3.05, 3.63) is 47.6 Å². The molecule has 0 saturated carbocycles. The van der Waals surface area contributed by atoms with Crippen molar-refractivity contribution in [2.75, 3.05) is 12.0 Å². The lowest BCUT2D eigenvalue weighted by molar-refractivity contribution is 0.376. The molecule has 0 bridgehead atoms. The first-order valence-electron chi connectivity index (χ1n) is 7.10. The molecule has 0 atom stereocenters. The summed E-state index contributed by atoms with van der Waals surface area (Å²) in [7, 11) is 0. The van der Waals surface area contributed by atoms with Crippen LogP contribution in [-0.2, 0) is 6.42 Å². The molecule has 0 saturated heterocycles. The number of aryl methyl sites for hydroxylation is 1. The van der Waals surface area contributed by atoms with Gasteiger partial charge in [0.2, 0.25) is 0 Å². The van der Waals surface area contributed by atoms with Crippen molar-refractivity contribution in [2.45, 2.75) is 12.8 Å². The van der Waals surface area contributed by atoms with Crippen LogP contribution in [0.15, 0.2) is 47.1 Å². The summed E-state index contributed by atoms with van der Waals surface area (Å²) in [6.45, 7) is 0.502. The van der Waals surface area contributed by atoms with Gasteiger partial charge >= 0.3 is 0 Å². The number of benzene rings is 1. The molecule has 0 amide bonds. The van der Waals surface area contributed by atoms with E-state index in [0.29, 0.717) is 6.61 Å². The van der Waals surface area contributed by atoms with E-state index >= 15 is 0 Å². The Morgan fingerprint density at radius 1 is 1.14 bits per heavy atom. The fraction of sp³-hybridized carbons (Fsp3) is 0.188. The number of hydrogen-bond donors (Lipinski definition) is 1. The summed E-state index contributed by atoms with van der Waals surface area (Å²) in [6, 6.07) is 10.1. The molecule has 4 rings (SSSR count). The second-order valence-corrected chi connectivity index (χ2v) is 5.94. The van der Waals surface area contributed by atoms with E-state index in [1.165, 1.54) is 5.56 Å². The first kappa shape index (κ1) is 13.2. The van der Waals surface area contributed by atoms with Crippen LogP contribution in [0, 0.1) is 0 Å². The molecule has 0 unspecified atom stereocenters. The highest BCUT2D eigenvalue weighted by Crippen LogP contribution is 2.25. The Labute approximate surface area is 131 Å². The summed E-state index contributed by atoms with van der Waals surface area (Å²) in [5.74, 6) is 1.69. The standard InChI is InChI=1S/C16H14N4OS/c1-2-4-14-11(3-1)5-6-12(9-21-14)19-20-15-13-7-8-22-16(13)18-10-17-15/h1-4,7-8,10H,5-6,9H2,(H,17,18,20)/b19-12-. The molecular formula is C16H14N4OS. The van der Waals surface area contributed by atoms with Gasteiger partial charge in [-0.25, -0.2) is 9.97 Å². The predicted molar refractivity (Wildman–Crippen MR) is 88.7 cm³/mol. The van der Waals surface area contributed by atoms with E-state index in [1.807, 2.05) is 29.6 Å². The van der Waals surface area contributed by atoms with Crippen LogP contribution in [0.1, 0.15) is 12.0 Å². The molecule has 2 aromatic heterocycles. The van der Waals surface area contributed by atoms with Crippen LogP contribution >= 0.6 is 11.3 Å². The van der Waals surface area contributed by atoms with Crippen LogP contribution in [0.25, 0.3) is 10.2 Å². The van der Waals surface area contributed by atoms with Crippen molar-refractivity contribution in [3.63, 3.8) is 0 Å². The summed E-state index contributed by atoms with van der Waals surface area (Å²) in [5, 5.41) is 7.48. The third kappa shape index (κ3) is 2.53. The first-order valence-corrected chi connectivity index (χ1v) is 7.98. The average Bonchev–Trinajstić information content (AvgIpc) is 2.95. The van der Waals surface area contributed by atoms with Gasteiger partial charge in [0.15, 0.2) is 5.82 Å². The van der Waals surface area contributed by atoms with Gasteiger partial charge in [-0.15, -0.1) is 11.3 Å². The molecule has 0 aliphatic carbocycles. The lowest BCUT2D eigenvalue weighted by Crippen LogP contribution is -2.12. The van der Waals surface area contributed by atoms with Crippen LogP contribution in [0.2, 0.25) is 0 Å². The number of hydrazone groups is 1. The summed E-state index contributed by atoms with van der Waals surface area (Å²) < 4.78 is 5.82. The Hall–Kier alpha value is -2.47. The van der Waals surface area contributed by atoms with E-state index in [1.54, 1.807) is 17.7 Å². The Morgan fingerprint density at radius 3 is 3.09 bits per heavy atom. The van der Waals surface area contributed by atoms with Crippen molar-refractivity contribution in [3.8, 4) is 5.75 Å². The SMILES string of the molecule is c1ccc2c(c1)CC/C(=N/Nc1ncnc3sccc13)CO2. The van der Waals surface area contributed by atoms with Gasteiger partial charge in [0.25, 0.3) is 0 Å². The summed E-state index contributed by atoms with van der Waals surface area (Å²) in [4.78, 5) is 9.46. The van der Waals surface area contributed by atoms with E-state index in [0.717, 1.165) is 40.3 Å². The van der Waals surface area contributed by atoms with Crippen molar-refractivity contribution >= 4 is 33.1 Å². The number of ether oxygens (including phenoxy) is 1. The molecule has 110 valence electrons. The summed E-state index contributed by atoms with van der Waals surface area (Å²) >= 11 is 1.59. The maximum absolute atomic E-state index is 5.82. The number of nitrogens with one attached hydrogen (secondary N) is 1. The number of rotatable bonds is 2. The number of aromatic nitrogens is 2. The molecule has 1 aromatic carbocycles. The fourth-order valence-electron chi connectivity index (χ4n) is 2.46. The minimum absolute atomic E-state index is 0.502. The molecule has 1 aliphatic rings. The van der Waals surface area contributed by atoms with E-state index in [9.17, 15) is 0 Å².